The second-order valence-electron chi connectivity index (χ2n) is 4.13. The van der Waals surface area contributed by atoms with E-state index in [9.17, 15) is 9.59 Å². The third-order valence-corrected chi connectivity index (χ3v) is 2.07. The highest BCUT2D eigenvalue weighted by Gasteiger charge is 2.15. The Morgan fingerprint density at radius 3 is 2.67 bits per heavy atom. The number of aryl methyl sites for hydroxylation is 1. The predicted octanol–water partition coefficient (Wildman–Crippen LogP) is -0.776. The summed E-state index contributed by atoms with van der Waals surface area (Å²) in [5.41, 5.74) is 0. The van der Waals surface area contributed by atoms with Crippen LogP contribution in [0.2, 0.25) is 0 Å². The zero-order chi connectivity index (χ0) is 13.5. The van der Waals surface area contributed by atoms with Gasteiger partial charge in [0.05, 0.1) is 6.54 Å². The highest BCUT2D eigenvalue weighted by Crippen LogP contribution is 1.93. The fraction of sp³-hybridized carbons (Fsp3) is 0.700. The van der Waals surface area contributed by atoms with Crippen LogP contribution in [0.3, 0.4) is 0 Å². The first-order valence-electron chi connectivity index (χ1n) is 5.88. The molecule has 1 rings (SSSR count). The smallest absolute Gasteiger partial charge is 0.309 e. The van der Waals surface area contributed by atoms with E-state index in [4.69, 9.17) is 0 Å². The number of amides is 2. The maximum Gasteiger partial charge on any atom is 0.309 e. The number of carbonyl (C=O) groups is 2. The third-order valence-electron chi connectivity index (χ3n) is 2.07. The van der Waals surface area contributed by atoms with Gasteiger partial charge in [-0.2, -0.15) is 0 Å². The molecule has 0 unspecified atom stereocenters. The van der Waals surface area contributed by atoms with Gasteiger partial charge in [-0.15, -0.1) is 5.10 Å². The Hall–Kier alpha value is -1.99. The first-order valence-corrected chi connectivity index (χ1v) is 5.88. The molecule has 0 aliphatic rings. The number of hydrogen-bond acceptors (Lipinski definition) is 5. The van der Waals surface area contributed by atoms with Gasteiger partial charge in [-0.05, 0) is 30.7 Å². The maximum absolute atomic E-state index is 11.4. The number of rotatable bonds is 5. The molecular weight excluding hydrogens is 236 g/mol. The van der Waals surface area contributed by atoms with E-state index in [-0.39, 0.29) is 12.6 Å². The molecule has 0 bridgehead atoms. The first-order chi connectivity index (χ1) is 8.54. The topological polar surface area (TPSA) is 102 Å². The van der Waals surface area contributed by atoms with Gasteiger partial charge in [-0.3, -0.25) is 9.59 Å². The Morgan fingerprint density at radius 1 is 1.33 bits per heavy atom. The minimum Gasteiger partial charge on any atom is -0.346 e. The third kappa shape index (κ3) is 4.11. The lowest BCUT2D eigenvalue weighted by Gasteiger charge is -2.08. The lowest BCUT2D eigenvalue weighted by molar-refractivity contribution is -0.139. The minimum atomic E-state index is -0.685. The Bertz CT molecular complexity index is 414. The van der Waals surface area contributed by atoms with Gasteiger partial charge in [0.15, 0.2) is 5.82 Å². The van der Waals surface area contributed by atoms with Crippen molar-refractivity contribution in [1.82, 2.24) is 30.8 Å². The Kier molecular flexibility index (Phi) is 5.22. The summed E-state index contributed by atoms with van der Waals surface area (Å²) >= 11 is 0. The molecule has 0 saturated heterocycles. The molecule has 8 heteroatoms. The number of carbonyl (C=O) groups excluding carboxylic acids is 2. The lowest BCUT2D eigenvalue weighted by Crippen LogP contribution is -2.42. The largest absolute Gasteiger partial charge is 0.346 e. The van der Waals surface area contributed by atoms with E-state index in [1.807, 2.05) is 6.92 Å². The normalized spacial score (nSPS) is 10.4. The van der Waals surface area contributed by atoms with Crippen LogP contribution in [0.1, 0.15) is 33.0 Å². The van der Waals surface area contributed by atoms with E-state index < -0.39 is 11.8 Å². The zero-order valence-corrected chi connectivity index (χ0v) is 10.8. The Morgan fingerprint density at radius 2 is 2.06 bits per heavy atom. The first kappa shape index (κ1) is 14.1. The van der Waals surface area contributed by atoms with Crippen molar-refractivity contribution in [2.45, 2.75) is 46.3 Å². The molecule has 0 radical (unpaired) electrons. The number of nitrogens with zero attached hydrogens (tertiary/aromatic N) is 4. The summed E-state index contributed by atoms with van der Waals surface area (Å²) in [6.07, 6.45) is 0.889. The molecule has 2 amide bonds. The van der Waals surface area contributed by atoms with Crippen LogP contribution in [0.4, 0.5) is 0 Å². The van der Waals surface area contributed by atoms with Gasteiger partial charge in [0.25, 0.3) is 0 Å². The lowest BCUT2D eigenvalue weighted by atomic mass is 10.4. The van der Waals surface area contributed by atoms with E-state index >= 15 is 0 Å². The fourth-order valence-corrected chi connectivity index (χ4v) is 1.30. The van der Waals surface area contributed by atoms with Crippen LogP contribution in [0.25, 0.3) is 0 Å². The molecule has 8 nitrogen and oxygen atoms in total. The molecule has 0 saturated carbocycles. The molecular formula is C10H18N6O2. The van der Waals surface area contributed by atoms with Crippen LogP contribution in [0.5, 0.6) is 0 Å². The maximum atomic E-state index is 11.4. The average molecular weight is 254 g/mol. The van der Waals surface area contributed by atoms with Crippen LogP contribution in [0, 0.1) is 0 Å². The summed E-state index contributed by atoms with van der Waals surface area (Å²) in [5, 5.41) is 16.1. The van der Waals surface area contributed by atoms with E-state index in [0.717, 1.165) is 6.42 Å². The molecule has 2 N–H and O–H groups in total. The van der Waals surface area contributed by atoms with Gasteiger partial charge in [-0.1, -0.05) is 6.92 Å². The van der Waals surface area contributed by atoms with Crippen molar-refractivity contribution in [3.05, 3.63) is 5.82 Å². The van der Waals surface area contributed by atoms with Gasteiger partial charge in [0, 0.05) is 12.6 Å². The number of tetrazole rings is 1. The molecule has 0 aliphatic carbocycles. The SMILES string of the molecule is CCCn1nnnc1CNC(=O)C(=O)NC(C)C. The quantitative estimate of drug-likeness (QED) is 0.671. The Balaban J connectivity index is 2.47. The van der Waals surface area contributed by atoms with Crippen LogP contribution in [-0.4, -0.2) is 38.1 Å². The molecule has 1 aromatic rings. The summed E-state index contributed by atoms with van der Waals surface area (Å²) < 4.78 is 1.60. The van der Waals surface area contributed by atoms with Crippen LogP contribution >= 0.6 is 0 Å². The Labute approximate surface area is 105 Å². The van der Waals surface area contributed by atoms with Crippen molar-refractivity contribution < 1.29 is 9.59 Å². The van der Waals surface area contributed by atoms with Crippen molar-refractivity contribution in [2.24, 2.45) is 0 Å². The van der Waals surface area contributed by atoms with Gasteiger partial charge in [0.1, 0.15) is 0 Å². The van der Waals surface area contributed by atoms with Crippen LogP contribution in [0.15, 0.2) is 0 Å². The average Bonchev–Trinajstić information content (AvgIpc) is 2.73. The van der Waals surface area contributed by atoms with E-state index in [1.165, 1.54) is 0 Å². The second kappa shape index (κ2) is 6.67. The van der Waals surface area contributed by atoms with Gasteiger partial charge in [0.2, 0.25) is 0 Å². The number of hydrogen-bond donors (Lipinski definition) is 2. The fourth-order valence-electron chi connectivity index (χ4n) is 1.30. The van der Waals surface area contributed by atoms with Crippen LogP contribution in [-0.2, 0) is 22.7 Å². The van der Waals surface area contributed by atoms with Crippen LogP contribution < -0.4 is 10.6 Å². The molecule has 0 spiro atoms. The van der Waals surface area contributed by atoms with Crippen molar-refractivity contribution in [2.75, 3.05) is 0 Å². The molecule has 0 aliphatic heterocycles. The summed E-state index contributed by atoms with van der Waals surface area (Å²) in [4.78, 5) is 22.8. The highest BCUT2D eigenvalue weighted by molar-refractivity contribution is 6.35. The molecule has 1 aromatic heterocycles. The van der Waals surface area contributed by atoms with E-state index in [2.05, 4.69) is 26.2 Å². The summed E-state index contributed by atoms with van der Waals surface area (Å²) in [6.45, 7) is 6.38. The summed E-state index contributed by atoms with van der Waals surface area (Å²) in [6, 6.07) is -0.0753. The van der Waals surface area contributed by atoms with Crippen molar-refractivity contribution in [3.63, 3.8) is 0 Å². The second-order valence-corrected chi connectivity index (χ2v) is 4.13. The molecule has 100 valence electrons. The van der Waals surface area contributed by atoms with Crippen molar-refractivity contribution in [3.8, 4) is 0 Å². The summed E-state index contributed by atoms with van der Waals surface area (Å²) in [5.74, 6) is -0.809. The monoisotopic (exact) mass is 254 g/mol. The standard InChI is InChI=1S/C10H18N6O2/c1-4-5-16-8(13-14-15-16)6-11-9(17)10(18)12-7(2)3/h7H,4-6H2,1-3H3,(H,11,17)(H,12,18). The van der Waals surface area contributed by atoms with E-state index in [0.29, 0.717) is 12.4 Å². The number of nitrogens with one attached hydrogen (secondary N) is 2. The van der Waals surface area contributed by atoms with Gasteiger partial charge in [-0.25, -0.2) is 4.68 Å². The van der Waals surface area contributed by atoms with Gasteiger partial charge < -0.3 is 10.6 Å². The van der Waals surface area contributed by atoms with Crippen molar-refractivity contribution in [1.29, 1.82) is 0 Å². The highest BCUT2D eigenvalue weighted by atomic mass is 16.2. The van der Waals surface area contributed by atoms with Crippen molar-refractivity contribution >= 4 is 11.8 Å². The molecule has 0 fully saturated rings. The predicted molar refractivity (Wildman–Crippen MR) is 63.2 cm³/mol. The minimum absolute atomic E-state index is 0.0753. The van der Waals surface area contributed by atoms with E-state index in [1.54, 1.807) is 18.5 Å². The van der Waals surface area contributed by atoms with Gasteiger partial charge >= 0.3 is 11.8 Å². The zero-order valence-electron chi connectivity index (χ0n) is 10.8. The molecule has 1 heterocycles. The number of aromatic nitrogens is 4. The molecule has 0 atom stereocenters. The molecule has 0 aromatic carbocycles. The molecule has 18 heavy (non-hydrogen) atoms. The summed E-state index contributed by atoms with van der Waals surface area (Å²) in [7, 11) is 0.